The van der Waals surface area contributed by atoms with Gasteiger partial charge in [0.05, 0.1) is 24.5 Å². The number of ether oxygens (including phenoxy) is 1. The first-order valence-electron chi connectivity index (χ1n) is 12.9. The van der Waals surface area contributed by atoms with Crippen molar-refractivity contribution >= 4 is 47.0 Å². The number of rotatable bonds is 9. The Balaban J connectivity index is 1.41. The number of amides is 2. The number of halogens is 2. The van der Waals surface area contributed by atoms with Gasteiger partial charge in [0.1, 0.15) is 23.0 Å². The van der Waals surface area contributed by atoms with Gasteiger partial charge in [0, 0.05) is 47.1 Å². The summed E-state index contributed by atoms with van der Waals surface area (Å²) in [5, 5.41) is 22.2. The number of nitrogens with zero attached hydrogens (tertiary/aromatic N) is 7. The molecule has 0 aliphatic rings. The molecule has 5 aromatic rings. The van der Waals surface area contributed by atoms with E-state index in [0.29, 0.717) is 50.6 Å². The molecule has 3 heterocycles. The van der Waals surface area contributed by atoms with E-state index in [1.165, 1.54) is 24.2 Å². The van der Waals surface area contributed by atoms with Crippen molar-refractivity contribution in [3.8, 4) is 16.9 Å². The molecule has 1 atom stereocenters. The van der Waals surface area contributed by atoms with E-state index < -0.39 is 12.1 Å². The first-order chi connectivity index (χ1) is 20.7. The zero-order chi connectivity index (χ0) is 30.5. The summed E-state index contributed by atoms with van der Waals surface area (Å²) in [7, 11) is 3.14. The Morgan fingerprint density at radius 1 is 1.14 bits per heavy atom. The van der Waals surface area contributed by atoms with Crippen LogP contribution in [0.4, 0.5) is 10.5 Å². The second-order valence-corrected chi connectivity index (χ2v) is 10.2. The molecule has 0 spiro atoms. The summed E-state index contributed by atoms with van der Waals surface area (Å²) in [5.41, 5.74) is 4.76. The third-order valence-electron chi connectivity index (χ3n) is 6.49. The van der Waals surface area contributed by atoms with E-state index in [0.717, 1.165) is 11.4 Å². The third-order valence-corrected chi connectivity index (χ3v) is 7.00. The van der Waals surface area contributed by atoms with Gasteiger partial charge in [-0.2, -0.15) is 9.78 Å². The third kappa shape index (κ3) is 7.08. The number of hydrogen-bond acceptors (Lipinski definition) is 8. The minimum atomic E-state index is -0.601. The van der Waals surface area contributed by atoms with Gasteiger partial charge in [0.2, 0.25) is 5.91 Å². The van der Waals surface area contributed by atoms with Crippen molar-refractivity contribution in [3.05, 3.63) is 93.9 Å². The van der Waals surface area contributed by atoms with Gasteiger partial charge in [-0.1, -0.05) is 35.3 Å². The van der Waals surface area contributed by atoms with Gasteiger partial charge in [-0.15, -0.1) is 5.10 Å². The molecule has 13 nitrogen and oxygen atoms in total. The number of aromatic nitrogens is 8. The molecule has 43 heavy (non-hydrogen) atoms. The van der Waals surface area contributed by atoms with Gasteiger partial charge in [-0.25, -0.2) is 9.78 Å². The predicted octanol–water partition coefficient (Wildman–Crippen LogP) is 4.69. The fourth-order valence-electron chi connectivity index (χ4n) is 4.29. The number of carbonyl (C=O) groups is 2. The SMILES string of the molecule is COC(=O)Nc1ccc(-c2nc([C@H](Cc3cc(C)n(C)n3)NC(=O)/C=C/c3cc(Cl)ccc3-n3cnnn3)[nH]c2Cl)cc1. The van der Waals surface area contributed by atoms with Crippen LogP contribution in [0.1, 0.15) is 28.8 Å². The smallest absolute Gasteiger partial charge is 0.411 e. The second-order valence-electron chi connectivity index (χ2n) is 9.44. The highest BCUT2D eigenvalue weighted by Crippen LogP contribution is 2.29. The van der Waals surface area contributed by atoms with Crippen LogP contribution in [-0.2, 0) is 23.0 Å². The van der Waals surface area contributed by atoms with Crippen LogP contribution in [0.3, 0.4) is 0 Å². The zero-order valence-corrected chi connectivity index (χ0v) is 24.8. The quantitative estimate of drug-likeness (QED) is 0.200. The van der Waals surface area contributed by atoms with E-state index in [1.807, 2.05) is 20.0 Å². The van der Waals surface area contributed by atoms with Gasteiger partial charge in [0.15, 0.2) is 0 Å². The van der Waals surface area contributed by atoms with Crippen molar-refractivity contribution in [2.24, 2.45) is 7.05 Å². The molecule has 15 heteroatoms. The summed E-state index contributed by atoms with van der Waals surface area (Å²) in [4.78, 5) is 32.6. The Hall–Kier alpha value is -5.01. The molecule has 0 unspecified atom stereocenters. The standard InChI is InChI=1S/C28H26Cl2N10O3/c1-16-12-21(36-39(16)2)14-22(27-34-25(26(30)35-27)17-4-8-20(9-5-17)32-28(42)43-3)33-24(41)11-6-18-13-19(29)7-10-23(18)40-15-31-37-38-40/h4-13,15,22H,14H2,1-3H3,(H,32,42)(H,33,41)(H,34,35)/b11-6+/t22-/m0/s1. The Kier molecular flexibility index (Phi) is 8.83. The topological polar surface area (TPSA) is 158 Å². The lowest BCUT2D eigenvalue weighted by atomic mass is 10.1. The van der Waals surface area contributed by atoms with E-state index in [-0.39, 0.29) is 5.91 Å². The number of H-pyrrole nitrogens is 1. The van der Waals surface area contributed by atoms with Gasteiger partial charge in [-0.05, 0) is 59.8 Å². The molecule has 0 saturated heterocycles. The van der Waals surface area contributed by atoms with E-state index in [4.69, 9.17) is 28.2 Å². The van der Waals surface area contributed by atoms with E-state index >= 15 is 0 Å². The number of anilines is 1. The van der Waals surface area contributed by atoms with Crippen LogP contribution < -0.4 is 10.6 Å². The average Bonchev–Trinajstić information content (AvgIpc) is 3.73. The normalized spacial score (nSPS) is 11.9. The van der Waals surface area contributed by atoms with E-state index in [2.05, 4.69) is 41.0 Å². The van der Waals surface area contributed by atoms with Crippen LogP contribution in [-0.4, -0.2) is 59.1 Å². The number of tetrazole rings is 1. The molecule has 0 radical (unpaired) electrons. The minimum Gasteiger partial charge on any atom is -0.453 e. The first kappa shape index (κ1) is 29.5. The maximum Gasteiger partial charge on any atom is 0.411 e. The lowest BCUT2D eigenvalue weighted by Crippen LogP contribution is -2.29. The minimum absolute atomic E-state index is 0.292. The lowest BCUT2D eigenvalue weighted by Gasteiger charge is -2.15. The van der Waals surface area contributed by atoms with Crippen LogP contribution in [0.5, 0.6) is 0 Å². The zero-order valence-electron chi connectivity index (χ0n) is 23.2. The molecule has 2 aromatic carbocycles. The van der Waals surface area contributed by atoms with Crippen LogP contribution in [0.25, 0.3) is 23.0 Å². The highest BCUT2D eigenvalue weighted by molar-refractivity contribution is 6.32. The van der Waals surface area contributed by atoms with Crippen molar-refractivity contribution in [2.75, 3.05) is 12.4 Å². The Morgan fingerprint density at radius 2 is 1.93 bits per heavy atom. The van der Waals surface area contributed by atoms with Crippen molar-refractivity contribution in [2.45, 2.75) is 19.4 Å². The van der Waals surface area contributed by atoms with Gasteiger partial charge in [0.25, 0.3) is 0 Å². The fraction of sp³-hybridized carbons (Fsp3) is 0.179. The number of aromatic amines is 1. The maximum absolute atomic E-state index is 13.2. The van der Waals surface area contributed by atoms with E-state index in [9.17, 15) is 9.59 Å². The summed E-state index contributed by atoms with van der Waals surface area (Å²) < 4.78 is 7.87. The highest BCUT2D eigenvalue weighted by atomic mass is 35.5. The van der Waals surface area contributed by atoms with Crippen molar-refractivity contribution in [3.63, 3.8) is 0 Å². The Morgan fingerprint density at radius 3 is 2.60 bits per heavy atom. The molecule has 0 fully saturated rings. The summed E-state index contributed by atoms with van der Waals surface area (Å²) in [6, 6.07) is 13.5. The largest absolute Gasteiger partial charge is 0.453 e. The first-order valence-corrected chi connectivity index (χ1v) is 13.7. The fourth-order valence-corrected chi connectivity index (χ4v) is 4.72. The van der Waals surface area contributed by atoms with Crippen molar-refractivity contribution in [1.82, 2.24) is 45.3 Å². The van der Waals surface area contributed by atoms with Gasteiger partial charge < -0.3 is 15.0 Å². The molecular formula is C28H26Cl2N10O3. The summed E-state index contributed by atoms with van der Waals surface area (Å²) in [5.74, 6) is 0.0616. The lowest BCUT2D eigenvalue weighted by molar-refractivity contribution is -0.117. The maximum atomic E-state index is 13.2. The Labute approximate surface area is 255 Å². The van der Waals surface area contributed by atoms with Crippen LogP contribution >= 0.6 is 23.2 Å². The summed E-state index contributed by atoms with van der Waals surface area (Å²) in [6.07, 6.45) is 4.25. The molecule has 5 rings (SSSR count). The molecule has 0 bridgehead atoms. The molecule has 220 valence electrons. The molecule has 0 aliphatic carbocycles. The predicted molar refractivity (Wildman–Crippen MR) is 161 cm³/mol. The second kappa shape index (κ2) is 12.9. The molecule has 0 saturated carbocycles. The number of benzene rings is 2. The number of carbonyl (C=O) groups excluding carboxylic acids is 2. The van der Waals surface area contributed by atoms with Gasteiger partial charge >= 0.3 is 6.09 Å². The number of imidazole rings is 1. The van der Waals surface area contributed by atoms with Gasteiger partial charge in [-0.3, -0.25) is 14.8 Å². The molecular weight excluding hydrogens is 595 g/mol. The molecule has 3 N–H and O–H groups in total. The number of aryl methyl sites for hydroxylation is 2. The number of methoxy groups -OCH3 is 1. The van der Waals surface area contributed by atoms with Crippen LogP contribution in [0, 0.1) is 6.92 Å². The van der Waals surface area contributed by atoms with Crippen molar-refractivity contribution < 1.29 is 14.3 Å². The Bertz CT molecular complexity index is 1760. The summed E-state index contributed by atoms with van der Waals surface area (Å²) >= 11 is 12.8. The molecule has 2 amide bonds. The van der Waals surface area contributed by atoms with E-state index in [1.54, 1.807) is 53.2 Å². The number of nitrogens with one attached hydrogen (secondary N) is 3. The van der Waals surface area contributed by atoms with Crippen LogP contribution in [0.15, 0.2) is 60.9 Å². The average molecular weight is 621 g/mol. The van der Waals surface area contributed by atoms with Crippen LogP contribution in [0.2, 0.25) is 10.2 Å². The molecule has 0 aliphatic heterocycles. The monoisotopic (exact) mass is 620 g/mol. The number of hydrogen-bond donors (Lipinski definition) is 3. The highest BCUT2D eigenvalue weighted by Gasteiger charge is 2.22. The molecule has 3 aromatic heterocycles. The summed E-state index contributed by atoms with van der Waals surface area (Å²) in [6.45, 7) is 1.95. The van der Waals surface area contributed by atoms with Crippen molar-refractivity contribution in [1.29, 1.82) is 0 Å².